The van der Waals surface area contributed by atoms with Crippen LogP contribution < -0.4 is 0 Å². The van der Waals surface area contributed by atoms with Crippen LogP contribution in [0, 0.1) is 0 Å². The molecule has 3 heteroatoms. The third kappa shape index (κ3) is 6.67. The quantitative estimate of drug-likeness (QED) is 0.443. The predicted molar refractivity (Wildman–Crippen MR) is 68.1 cm³/mol. The number of epoxide rings is 1. The van der Waals surface area contributed by atoms with Crippen molar-refractivity contribution in [3.63, 3.8) is 0 Å². The van der Waals surface area contributed by atoms with Crippen molar-refractivity contribution in [3.8, 4) is 0 Å². The number of ether oxygens (including phenoxy) is 1. The van der Waals surface area contributed by atoms with Gasteiger partial charge in [-0.2, -0.15) is 0 Å². The summed E-state index contributed by atoms with van der Waals surface area (Å²) in [6.07, 6.45) is 12.2. The molecular weight excluding hydrogens is 216 g/mol. The van der Waals surface area contributed by atoms with Crippen LogP contribution in [0.4, 0.5) is 0 Å². The fourth-order valence-corrected chi connectivity index (χ4v) is 2.24. The Morgan fingerprint density at radius 3 is 2.00 bits per heavy atom. The molecule has 1 rings (SSSR count). The van der Waals surface area contributed by atoms with Gasteiger partial charge < -0.3 is 9.84 Å². The summed E-state index contributed by atoms with van der Waals surface area (Å²) in [4.78, 5) is 10.5. The van der Waals surface area contributed by atoms with Crippen molar-refractivity contribution >= 4 is 5.97 Å². The lowest BCUT2D eigenvalue weighted by Crippen LogP contribution is -2.07. The van der Waals surface area contributed by atoms with Crippen LogP contribution in [0.1, 0.15) is 71.1 Å². The number of rotatable bonds is 11. The molecular formula is C14H26O3. The Morgan fingerprint density at radius 2 is 1.53 bits per heavy atom. The summed E-state index contributed by atoms with van der Waals surface area (Å²) in [7, 11) is 0. The van der Waals surface area contributed by atoms with Crippen LogP contribution in [-0.4, -0.2) is 23.3 Å². The number of carboxylic acid groups (broad SMARTS) is 1. The highest BCUT2D eigenvalue weighted by atomic mass is 16.6. The van der Waals surface area contributed by atoms with E-state index >= 15 is 0 Å². The molecule has 1 saturated heterocycles. The molecule has 0 spiro atoms. The molecule has 0 saturated carbocycles. The van der Waals surface area contributed by atoms with Crippen molar-refractivity contribution in [1.82, 2.24) is 0 Å². The third-order valence-corrected chi connectivity index (χ3v) is 3.42. The van der Waals surface area contributed by atoms with Gasteiger partial charge in [-0.1, -0.05) is 64.7 Å². The maximum atomic E-state index is 10.5. The molecule has 100 valence electrons. The van der Waals surface area contributed by atoms with Gasteiger partial charge in [0.1, 0.15) is 0 Å². The third-order valence-electron chi connectivity index (χ3n) is 3.42. The number of carboxylic acids is 1. The topological polar surface area (TPSA) is 49.8 Å². The summed E-state index contributed by atoms with van der Waals surface area (Å²) < 4.78 is 5.05. The molecule has 1 aliphatic heterocycles. The molecule has 1 N–H and O–H groups in total. The Kier molecular flexibility index (Phi) is 7.25. The Balaban J connectivity index is 1.75. The normalized spacial score (nSPS) is 22.6. The lowest BCUT2D eigenvalue weighted by atomic mass is 10.1. The zero-order valence-corrected chi connectivity index (χ0v) is 11.0. The van der Waals surface area contributed by atoms with E-state index in [0.717, 1.165) is 12.8 Å². The molecule has 1 heterocycles. The monoisotopic (exact) mass is 242 g/mol. The minimum absolute atomic E-state index is 0.0112. The fourth-order valence-electron chi connectivity index (χ4n) is 2.24. The van der Waals surface area contributed by atoms with Crippen molar-refractivity contribution in [3.05, 3.63) is 0 Å². The molecule has 17 heavy (non-hydrogen) atoms. The van der Waals surface area contributed by atoms with Gasteiger partial charge in [0.15, 0.2) is 6.10 Å². The first kappa shape index (κ1) is 14.5. The largest absolute Gasteiger partial charge is 0.479 e. The summed E-state index contributed by atoms with van der Waals surface area (Å²) >= 11 is 0. The molecule has 1 fully saturated rings. The smallest absolute Gasteiger partial charge is 0.335 e. The molecule has 2 atom stereocenters. The Hall–Kier alpha value is -0.570. The van der Waals surface area contributed by atoms with E-state index in [1.165, 1.54) is 51.4 Å². The Morgan fingerprint density at radius 1 is 1.00 bits per heavy atom. The second-order valence-electron chi connectivity index (χ2n) is 5.05. The summed E-state index contributed by atoms with van der Waals surface area (Å²) in [5.74, 6) is -0.800. The van der Waals surface area contributed by atoms with E-state index in [2.05, 4.69) is 6.92 Å². The van der Waals surface area contributed by atoms with Crippen molar-refractivity contribution in [2.24, 2.45) is 0 Å². The van der Waals surface area contributed by atoms with E-state index in [-0.39, 0.29) is 6.10 Å². The van der Waals surface area contributed by atoms with Gasteiger partial charge in [-0.25, -0.2) is 4.79 Å². The van der Waals surface area contributed by atoms with E-state index in [4.69, 9.17) is 9.84 Å². The number of unbranched alkanes of at least 4 members (excludes halogenated alkanes) is 8. The average molecular weight is 242 g/mol. The van der Waals surface area contributed by atoms with Gasteiger partial charge in [0, 0.05) is 0 Å². The number of carbonyl (C=O) groups is 1. The molecule has 1 aliphatic rings. The van der Waals surface area contributed by atoms with Crippen molar-refractivity contribution in [1.29, 1.82) is 0 Å². The van der Waals surface area contributed by atoms with Crippen LogP contribution in [-0.2, 0) is 9.53 Å². The zero-order chi connectivity index (χ0) is 12.5. The van der Waals surface area contributed by atoms with Gasteiger partial charge >= 0.3 is 5.97 Å². The first-order chi connectivity index (χ1) is 8.25. The molecule has 0 bridgehead atoms. The molecule has 0 unspecified atom stereocenters. The number of aliphatic carboxylic acids is 1. The van der Waals surface area contributed by atoms with E-state index in [1.54, 1.807) is 0 Å². The first-order valence-corrected chi connectivity index (χ1v) is 7.14. The minimum Gasteiger partial charge on any atom is -0.479 e. The van der Waals surface area contributed by atoms with Gasteiger partial charge in [-0.15, -0.1) is 0 Å². The number of hydrogen-bond donors (Lipinski definition) is 1. The van der Waals surface area contributed by atoms with Crippen LogP contribution in [0.2, 0.25) is 0 Å². The van der Waals surface area contributed by atoms with Gasteiger partial charge in [0.25, 0.3) is 0 Å². The maximum Gasteiger partial charge on any atom is 0.335 e. The summed E-state index contributed by atoms with van der Waals surface area (Å²) in [6.45, 7) is 2.24. The Bertz CT molecular complexity index is 216. The SMILES string of the molecule is CCCCCCCCCCC[C@H]1O[C@@H]1C(=O)O. The second kappa shape index (κ2) is 8.51. The molecule has 0 amide bonds. The standard InChI is InChI=1S/C14H26O3/c1-2-3-4-5-6-7-8-9-10-11-12-13(17-12)14(15)16/h12-13H,2-11H2,1H3,(H,15,16)/t12-,13+/m1/s1. The fraction of sp³-hybridized carbons (Fsp3) is 0.929. The zero-order valence-electron chi connectivity index (χ0n) is 11.0. The molecule has 0 aliphatic carbocycles. The van der Waals surface area contributed by atoms with E-state index < -0.39 is 12.1 Å². The molecule has 0 aromatic rings. The Labute approximate surface area is 105 Å². The van der Waals surface area contributed by atoms with Crippen molar-refractivity contribution in [2.75, 3.05) is 0 Å². The molecule has 0 aromatic heterocycles. The van der Waals surface area contributed by atoms with E-state index in [0.29, 0.717) is 0 Å². The molecule has 3 nitrogen and oxygen atoms in total. The van der Waals surface area contributed by atoms with Crippen LogP contribution in [0.3, 0.4) is 0 Å². The molecule has 0 aromatic carbocycles. The predicted octanol–water partition coefficient (Wildman–Crippen LogP) is 3.76. The summed E-state index contributed by atoms with van der Waals surface area (Å²) in [6, 6.07) is 0. The van der Waals surface area contributed by atoms with Crippen LogP contribution in [0.15, 0.2) is 0 Å². The van der Waals surface area contributed by atoms with Gasteiger partial charge in [-0.3, -0.25) is 0 Å². The van der Waals surface area contributed by atoms with Crippen LogP contribution in [0.5, 0.6) is 0 Å². The van der Waals surface area contributed by atoms with Gasteiger partial charge in [0.2, 0.25) is 0 Å². The maximum absolute atomic E-state index is 10.5. The number of hydrogen-bond acceptors (Lipinski definition) is 2. The van der Waals surface area contributed by atoms with Crippen LogP contribution >= 0.6 is 0 Å². The van der Waals surface area contributed by atoms with E-state index in [1.807, 2.05) is 0 Å². The highest BCUT2D eigenvalue weighted by Crippen LogP contribution is 2.27. The lowest BCUT2D eigenvalue weighted by Gasteiger charge is -2.00. The highest BCUT2D eigenvalue weighted by Gasteiger charge is 2.44. The highest BCUT2D eigenvalue weighted by molar-refractivity contribution is 5.75. The average Bonchev–Trinajstić information content (AvgIpc) is 3.06. The second-order valence-corrected chi connectivity index (χ2v) is 5.05. The minimum atomic E-state index is -0.800. The van der Waals surface area contributed by atoms with Crippen molar-refractivity contribution in [2.45, 2.75) is 83.3 Å². The van der Waals surface area contributed by atoms with E-state index in [9.17, 15) is 4.79 Å². The summed E-state index contributed by atoms with van der Waals surface area (Å²) in [5, 5.41) is 8.64. The lowest BCUT2D eigenvalue weighted by molar-refractivity contribution is -0.138. The van der Waals surface area contributed by atoms with Gasteiger partial charge in [0.05, 0.1) is 6.10 Å². The first-order valence-electron chi connectivity index (χ1n) is 7.14. The van der Waals surface area contributed by atoms with Crippen molar-refractivity contribution < 1.29 is 14.6 Å². The van der Waals surface area contributed by atoms with Crippen LogP contribution in [0.25, 0.3) is 0 Å². The van der Waals surface area contributed by atoms with Gasteiger partial charge in [-0.05, 0) is 6.42 Å². The summed E-state index contributed by atoms with van der Waals surface area (Å²) in [5.41, 5.74) is 0. The molecule has 0 radical (unpaired) electrons.